The van der Waals surface area contributed by atoms with Crippen LogP contribution in [0.2, 0.25) is 0 Å². The molecule has 30 heavy (non-hydrogen) atoms. The molecule has 154 valence electrons. The first-order valence-electron chi connectivity index (χ1n) is 10.5. The monoisotopic (exact) mass is 401 g/mol. The van der Waals surface area contributed by atoms with E-state index in [4.69, 9.17) is 0 Å². The van der Waals surface area contributed by atoms with Gasteiger partial charge in [0.2, 0.25) is 0 Å². The topological polar surface area (TPSA) is 61.4 Å². The summed E-state index contributed by atoms with van der Waals surface area (Å²) in [6.45, 7) is 2.76. The van der Waals surface area contributed by atoms with E-state index in [1.54, 1.807) is 0 Å². The number of carbonyl (C=O) groups is 2. The summed E-state index contributed by atoms with van der Waals surface area (Å²) in [5, 5.41) is 7.94. The van der Waals surface area contributed by atoms with Crippen molar-refractivity contribution < 1.29 is 9.59 Å². The highest BCUT2D eigenvalue weighted by atomic mass is 16.2. The average Bonchev–Trinajstić information content (AvgIpc) is 3.33. The third kappa shape index (κ3) is 4.69. The number of rotatable bonds is 6. The molecule has 0 bridgehead atoms. The van der Waals surface area contributed by atoms with Crippen molar-refractivity contribution in [2.75, 3.05) is 19.6 Å². The third-order valence-corrected chi connectivity index (χ3v) is 5.72. The second kappa shape index (κ2) is 9.55. The van der Waals surface area contributed by atoms with Crippen LogP contribution in [0, 0.1) is 0 Å². The van der Waals surface area contributed by atoms with Crippen molar-refractivity contribution in [1.29, 1.82) is 0 Å². The second-order valence-electron chi connectivity index (χ2n) is 7.71. The lowest BCUT2D eigenvalue weighted by atomic mass is 9.97. The van der Waals surface area contributed by atoms with Gasteiger partial charge in [-0.2, -0.15) is 0 Å². The van der Waals surface area contributed by atoms with Gasteiger partial charge in [0.1, 0.15) is 0 Å². The number of nitrogens with zero attached hydrogens (tertiary/aromatic N) is 1. The van der Waals surface area contributed by atoms with Crippen molar-refractivity contribution in [2.45, 2.75) is 25.4 Å². The van der Waals surface area contributed by atoms with Crippen LogP contribution in [-0.2, 0) is 16.1 Å². The van der Waals surface area contributed by atoms with E-state index in [-0.39, 0.29) is 6.04 Å². The van der Waals surface area contributed by atoms with Crippen molar-refractivity contribution in [3.63, 3.8) is 0 Å². The van der Waals surface area contributed by atoms with Crippen molar-refractivity contribution >= 4 is 22.6 Å². The Hall–Kier alpha value is -3.18. The molecule has 0 saturated carbocycles. The molecular weight excluding hydrogens is 374 g/mol. The van der Waals surface area contributed by atoms with E-state index in [1.165, 1.54) is 16.3 Å². The summed E-state index contributed by atoms with van der Waals surface area (Å²) in [4.78, 5) is 27.1. The van der Waals surface area contributed by atoms with Gasteiger partial charge < -0.3 is 10.6 Å². The fourth-order valence-electron chi connectivity index (χ4n) is 4.16. The van der Waals surface area contributed by atoms with Crippen molar-refractivity contribution in [2.24, 2.45) is 0 Å². The minimum Gasteiger partial charge on any atom is -0.346 e. The number of benzene rings is 3. The number of likely N-dealkylation sites (tertiary alicyclic amines) is 1. The van der Waals surface area contributed by atoms with Crippen LogP contribution in [0.1, 0.15) is 30.0 Å². The van der Waals surface area contributed by atoms with Crippen LogP contribution >= 0.6 is 0 Å². The first-order chi connectivity index (χ1) is 14.7. The molecular formula is C25H27N3O2. The lowest BCUT2D eigenvalue weighted by Gasteiger charge is -2.29. The van der Waals surface area contributed by atoms with Gasteiger partial charge in [-0.15, -0.1) is 0 Å². The van der Waals surface area contributed by atoms with E-state index in [1.807, 2.05) is 42.5 Å². The molecule has 4 rings (SSSR count). The molecule has 1 heterocycles. The molecule has 0 aromatic heterocycles. The zero-order valence-corrected chi connectivity index (χ0v) is 17.0. The zero-order chi connectivity index (χ0) is 20.8. The molecule has 5 nitrogen and oxygen atoms in total. The number of nitrogens with one attached hydrogen (secondary N) is 2. The van der Waals surface area contributed by atoms with E-state index in [0.717, 1.165) is 31.5 Å². The first-order valence-corrected chi connectivity index (χ1v) is 10.5. The maximum atomic E-state index is 12.4. The summed E-state index contributed by atoms with van der Waals surface area (Å²) in [5.41, 5.74) is 2.16. The Morgan fingerprint density at radius 2 is 1.47 bits per heavy atom. The van der Waals surface area contributed by atoms with Gasteiger partial charge in [-0.05, 0) is 47.8 Å². The highest BCUT2D eigenvalue weighted by Gasteiger charge is 2.26. The lowest BCUT2D eigenvalue weighted by Crippen LogP contribution is -2.43. The van der Waals surface area contributed by atoms with Crippen LogP contribution in [0.15, 0.2) is 72.8 Å². The molecule has 1 aliphatic heterocycles. The molecule has 0 aliphatic carbocycles. The zero-order valence-electron chi connectivity index (χ0n) is 17.0. The summed E-state index contributed by atoms with van der Waals surface area (Å²) in [7, 11) is 0. The Labute approximate surface area is 177 Å². The SMILES string of the molecule is O=C(NCc1ccccc1)C(=O)NC[C@H](c1cccc2ccccc12)N1CCCC1. The van der Waals surface area contributed by atoms with Crippen LogP contribution in [0.3, 0.4) is 0 Å². The minimum absolute atomic E-state index is 0.0458. The molecule has 2 N–H and O–H groups in total. The van der Waals surface area contributed by atoms with Crippen LogP contribution in [0.25, 0.3) is 10.8 Å². The molecule has 1 saturated heterocycles. The highest BCUT2D eigenvalue weighted by molar-refractivity contribution is 6.35. The van der Waals surface area contributed by atoms with Crippen molar-refractivity contribution in [3.05, 3.63) is 83.9 Å². The second-order valence-corrected chi connectivity index (χ2v) is 7.71. The molecule has 0 unspecified atom stereocenters. The number of hydrogen-bond donors (Lipinski definition) is 2. The van der Waals surface area contributed by atoms with E-state index < -0.39 is 11.8 Å². The van der Waals surface area contributed by atoms with E-state index >= 15 is 0 Å². The summed E-state index contributed by atoms with van der Waals surface area (Å²) >= 11 is 0. The summed E-state index contributed by atoms with van der Waals surface area (Å²) in [5.74, 6) is -1.19. The van der Waals surface area contributed by atoms with Gasteiger partial charge in [-0.25, -0.2) is 0 Å². The molecule has 5 heteroatoms. The van der Waals surface area contributed by atoms with Crippen molar-refractivity contribution in [3.8, 4) is 0 Å². The van der Waals surface area contributed by atoms with Crippen LogP contribution in [0.4, 0.5) is 0 Å². The van der Waals surface area contributed by atoms with E-state index in [2.05, 4.69) is 45.9 Å². The van der Waals surface area contributed by atoms with Crippen molar-refractivity contribution in [1.82, 2.24) is 15.5 Å². The highest BCUT2D eigenvalue weighted by Crippen LogP contribution is 2.30. The van der Waals surface area contributed by atoms with Crippen LogP contribution in [-0.4, -0.2) is 36.3 Å². The Morgan fingerprint density at radius 3 is 2.27 bits per heavy atom. The van der Waals surface area contributed by atoms with Gasteiger partial charge >= 0.3 is 11.8 Å². The molecule has 3 aromatic carbocycles. The largest absolute Gasteiger partial charge is 0.346 e. The summed E-state index contributed by atoms with van der Waals surface area (Å²) in [6, 6.07) is 24.2. The number of amides is 2. The molecule has 0 radical (unpaired) electrons. The predicted octanol–water partition coefficient (Wildman–Crippen LogP) is 3.41. The maximum Gasteiger partial charge on any atom is 0.309 e. The molecule has 0 spiro atoms. The third-order valence-electron chi connectivity index (χ3n) is 5.72. The van der Waals surface area contributed by atoms with Gasteiger partial charge in [0.15, 0.2) is 0 Å². The van der Waals surface area contributed by atoms with Gasteiger partial charge in [0, 0.05) is 13.1 Å². The Morgan fingerprint density at radius 1 is 0.800 bits per heavy atom. The van der Waals surface area contributed by atoms with E-state index in [0.29, 0.717) is 13.1 Å². The van der Waals surface area contributed by atoms with Gasteiger partial charge in [0.25, 0.3) is 0 Å². The average molecular weight is 402 g/mol. The summed E-state index contributed by atoms with van der Waals surface area (Å²) in [6.07, 6.45) is 2.32. The maximum absolute atomic E-state index is 12.4. The Bertz CT molecular complexity index is 1010. The number of hydrogen-bond acceptors (Lipinski definition) is 3. The minimum atomic E-state index is -0.600. The molecule has 1 aliphatic rings. The lowest BCUT2D eigenvalue weighted by molar-refractivity contribution is -0.139. The fraction of sp³-hybridized carbons (Fsp3) is 0.280. The first kappa shape index (κ1) is 20.1. The number of carbonyl (C=O) groups excluding carboxylic acids is 2. The Kier molecular flexibility index (Phi) is 6.40. The Balaban J connectivity index is 1.45. The van der Waals surface area contributed by atoms with Crippen LogP contribution in [0.5, 0.6) is 0 Å². The predicted molar refractivity (Wildman–Crippen MR) is 119 cm³/mol. The van der Waals surface area contributed by atoms with E-state index in [9.17, 15) is 9.59 Å². The standard InChI is InChI=1S/C25H27N3O2/c29-24(26-17-19-9-2-1-3-10-19)25(30)27-18-23(28-15-6-7-16-28)22-14-8-12-20-11-4-5-13-21(20)22/h1-5,8-14,23H,6-7,15-18H2,(H,26,29)(H,27,30)/t23-/m1/s1. The van der Waals surface area contributed by atoms with Gasteiger partial charge in [-0.1, -0.05) is 72.8 Å². The number of fused-ring (bicyclic) bond motifs is 1. The molecule has 1 atom stereocenters. The molecule has 2 amide bonds. The quantitative estimate of drug-likeness (QED) is 0.623. The van der Waals surface area contributed by atoms with Gasteiger partial charge in [-0.3, -0.25) is 14.5 Å². The normalized spacial score (nSPS) is 15.1. The smallest absolute Gasteiger partial charge is 0.309 e. The fourth-order valence-corrected chi connectivity index (χ4v) is 4.16. The molecule has 1 fully saturated rings. The van der Waals surface area contributed by atoms with Crippen LogP contribution < -0.4 is 10.6 Å². The summed E-state index contributed by atoms with van der Waals surface area (Å²) < 4.78 is 0. The van der Waals surface area contributed by atoms with Gasteiger partial charge in [0.05, 0.1) is 6.04 Å². The molecule has 3 aromatic rings.